The minimum Gasteiger partial charge on any atom is -0.181 e. The third-order valence-electron chi connectivity index (χ3n) is 2.61. The Hall–Kier alpha value is -1.38. The van der Waals surface area contributed by atoms with Crippen molar-refractivity contribution in [3.05, 3.63) is 30.3 Å². The van der Waals surface area contributed by atoms with Crippen LogP contribution in [0.1, 0.15) is 12.8 Å². The highest BCUT2D eigenvalue weighted by molar-refractivity contribution is 7.79. The maximum Gasteiger partial charge on any atom is 0.389 e. The Bertz CT molecular complexity index is 522. The molecule has 1 atom stereocenters. The zero-order valence-electron chi connectivity index (χ0n) is 11.5. The highest BCUT2D eigenvalue weighted by Gasteiger charge is 2.40. The van der Waals surface area contributed by atoms with Crippen LogP contribution in [0.4, 0.5) is 26.3 Å². The van der Waals surface area contributed by atoms with E-state index in [0.717, 1.165) is 10.2 Å². The van der Waals surface area contributed by atoms with Crippen LogP contribution in [0.5, 0.6) is 0 Å². The maximum absolute atomic E-state index is 12.4. The van der Waals surface area contributed by atoms with E-state index in [0.29, 0.717) is 4.90 Å². The molecule has 1 aromatic rings. The van der Waals surface area contributed by atoms with E-state index in [1.54, 1.807) is 18.2 Å². The number of rotatable bonds is 5. The predicted octanol–water partition coefficient (Wildman–Crippen LogP) is 3.94. The first-order valence-electron chi connectivity index (χ1n) is 6.16. The van der Waals surface area contributed by atoms with Gasteiger partial charge >= 0.3 is 23.3 Å². The molecule has 0 aliphatic rings. The molecular formula is C13H14F6NOS+. The second-order valence-electron chi connectivity index (χ2n) is 4.66. The van der Waals surface area contributed by atoms with Crippen molar-refractivity contribution in [2.75, 3.05) is 7.05 Å². The van der Waals surface area contributed by atoms with Gasteiger partial charge in [0.25, 0.3) is 0 Å². The summed E-state index contributed by atoms with van der Waals surface area (Å²) in [6.07, 6.45) is -12.0. The normalized spacial score (nSPS) is 15.2. The number of hydrogen-bond donors (Lipinski definition) is 0. The van der Waals surface area contributed by atoms with Crippen molar-refractivity contribution in [1.82, 2.24) is 0 Å². The zero-order valence-corrected chi connectivity index (χ0v) is 12.3. The number of alkyl halides is 6. The first-order chi connectivity index (χ1) is 9.98. The van der Waals surface area contributed by atoms with E-state index in [1.807, 2.05) is 0 Å². The van der Waals surface area contributed by atoms with Gasteiger partial charge in [-0.25, -0.2) is 0 Å². The fourth-order valence-electron chi connectivity index (χ4n) is 1.83. The van der Waals surface area contributed by atoms with Crippen LogP contribution >= 0.6 is 0 Å². The molecular weight excluding hydrogens is 332 g/mol. The smallest absolute Gasteiger partial charge is 0.181 e. The highest BCUT2D eigenvalue weighted by Crippen LogP contribution is 2.32. The van der Waals surface area contributed by atoms with Crippen LogP contribution in [-0.4, -0.2) is 33.8 Å². The first kappa shape index (κ1) is 18.7. The van der Waals surface area contributed by atoms with Crippen molar-refractivity contribution < 1.29 is 34.5 Å². The summed E-state index contributed by atoms with van der Waals surface area (Å²) >= 11 is 0. The molecule has 0 fully saturated rings. The lowest BCUT2D eigenvalue weighted by Crippen LogP contribution is -2.26. The summed E-state index contributed by atoms with van der Waals surface area (Å²) < 4.78 is 87.2. The molecule has 2 nitrogen and oxygen atoms in total. The average Bonchev–Trinajstić information content (AvgIpc) is 2.34. The largest absolute Gasteiger partial charge is 0.389 e. The molecule has 0 radical (unpaired) electrons. The van der Waals surface area contributed by atoms with Gasteiger partial charge in [-0.15, -0.1) is 3.98 Å². The third-order valence-corrected chi connectivity index (χ3v) is 3.93. The van der Waals surface area contributed by atoms with Crippen molar-refractivity contribution in [2.45, 2.75) is 30.1 Å². The minimum atomic E-state index is -4.73. The molecule has 1 unspecified atom stereocenters. The fraction of sp³-hybridized carbons (Fsp3) is 0.462. The summed E-state index contributed by atoms with van der Waals surface area (Å²) in [5.41, 5.74) is 0. The van der Waals surface area contributed by atoms with Gasteiger partial charge in [-0.2, -0.15) is 30.6 Å². The van der Waals surface area contributed by atoms with Crippen LogP contribution in [-0.2, 0) is 11.0 Å². The Labute approximate surface area is 126 Å². The van der Waals surface area contributed by atoms with Crippen molar-refractivity contribution in [1.29, 1.82) is 0 Å². The Morgan fingerprint density at radius 3 is 1.91 bits per heavy atom. The van der Waals surface area contributed by atoms with Gasteiger partial charge in [0.1, 0.15) is 11.9 Å². The van der Waals surface area contributed by atoms with Crippen LogP contribution < -0.4 is 0 Å². The number of benzene rings is 1. The molecule has 0 aromatic heterocycles. The maximum atomic E-state index is 12.4. The molecule has 1 rings (SSSR count). The Morgan fingerprint density at radius 1 is 1.05 bits per heavy atom. The molecule has 22 heavy (non-hydrogen) atoms. The minimum absolute atomic E-state index is 0.291. The summed E-state index contributed by atoms with van der Waals surface area (Å²) in [6, 6.07) is 7.75. The monoisotopic (exact) mass is 346 g/mol. The number of nitrogens with zero attached hydrogens (tertiary/aromatic N) is 1. The van der Waals surface area contributed by atoms with Gasteiger partial charge in [0.2, 0.25) is 0 Å². The molecule has 1 aromatic carbocycles. The van der Waals surface area contributed by atoms with Crippen LogP contribution in [0.3, 0.4) is 0 Å². The van der Waals surface area contributed by atoms with E-state index >= 15 is 0 Å². The van der Waals surface area contributed by atoms with E-state index in [2.05, 4.69) is 0 Å². The molecule has 0 heterocycles. The van der Waals surface area contributed by atoms with E-state index in [9.17, 15) is 30.6 Å². The zero-order chi connectivity index (χ0) is 17.0. The predicted molar refractivity (Wildman–Crippen MR) is 69.9 cm³/mol. The molecule has 124 valence electrons. The number of hydrogen-bond acceptors (Lipinski definition) is 1. The topological polar surface area (TPSA) is 20.1 Å². The van der Waals surface area contributed by atoms with E-state index in [-0.39, 0.29) is 0 Å². The summed E-state index contributed by atoms with van der Waals surface area (Å²) in [6.45, 7) is 0. The standard InChI is InChI=1S/C13H14F6NOS/c1-20(22(21)11-5-3-2-4-6-11)9-10(7-12(14,15)16)8-13(17,18)19/h2-6,9-10H,7-8H2,1H3/q+1. The van der Waals surface area contributed by atoms with Gasteiger partial charge in [0.15, 0.2) is 6.21 Å². The molecule has 0 N–H and O–H groups in total. The second kappa shape index (κ2) is 7.26. The van der Waals surface area contributed by atoms with Gasteiger partial charge in [-0.1, -0.05) is 18.2 Å². The molecule has 0 spiro atoms. The highest BCUT2D eigenvalue weighted by atomic mass is 32.2. The fourth-order valence-corrected chi connectivity index (χ4v) is 2.83. The lowest BCUT2D eigenvalue weighted by Gasteiger charge is -2.15. The van der Waals surface area contributed by atoms with E-state index < -0.39 is 42.1 Å². The van der Waals surface area contributed by atoms with Crippen molar-refractivity contribution in [3.8, 4) is 0 Å². The summed E-state index contributed by atoms with van der Waals surface area (Å²) in [7, 11) is -0.679. The lowest BCUT2D eigenvalue weighted by atomic mass is 10.0. The molecule has 0 bridgehead atoms. The van der Waals surface area contributed by atoms with Crippen LogP contribution in [0.25, 0.3) is 0 Å². The molecule has 0 amide bonds. The molecule has 9 heteroatoms. The Morgan fingerprint density at radius 2 is 1.50 bits per heavy atom. The summed E-state index contributed by atoms with van der Waals surface area (Å²) in [5.74, 6) is -1.82. The first-order valence-corrected chi connectivity index (χ1v) is 7.27. The SMILES string of the molecule is C[N+](=CC(CC(F)(F)F)CC(F)(F)F)S(=O)c1ccccc1. The van der Waals surface area contributed by atoms with Crippen molar-refractivity contribution in [3.63, 3.8) is 0 Å². The Balaban J connectivity index is 2.97. The van der Waals surface area contributed by atoms with E-state index in [1.165, 1.54) is 19.2 Å². The molecule has 0 saturated heterocycles. The molecule has 0 saturated carbocycles. The van der Waals surface area contributed by atoms with Gasteiger partial charge in [-0.3, -0.25) is 0 Å². The van der Waals surface area contributed by atoms with Crippen molar-refractivity contribution >= 4 is 17.2 Å². The van der Waals surface area contributed by atoms with Crippen LogP contribution in [0, 0.1) is 5.92 Å². The van der Waals surface area contributed by atoms with Crippen LogP contribution in [0.15, 0.2) is 35.2 Å². The average molecular weight is 346 g/mol. The molecule has 0 aliphatic carbocycles. The van der Waals surface area contributed by atoms with Gasteiger partial charge < -0.3 is 0 Å². The second-order valence-corrected chi connectivity index (χ2v) is 6.20. The Kier molecular flexibility index (Phi) is 6.16. The van der Waals surface area contributed by atoms with Crippen molar-refractivity contribution in [2.24, 2.45) is 5.92 Å². The third kappa shape index (κ3) is 7.06. The van der Waals surface area contributed by atoms with E-state index in [4.69, 9.17) is 0 Å². The van der Waals surface area contributed by atoms with Crippen LogP contribution in [0.2, 0.25) is 0 Å². The number of halogens is 6. The lowest BCUT2D eigenvalue weighted by molar-refractivity contribution is -0.317. The quantitative estimate of drug-likeness (QED) is 0.449. The summed E-state index contributed by atoms with van der Waals surface area (Å²) in [5, 5.41) is 0. The summed E-state index contributed by atoms with van der Waals surface area (Å²) in [4.78, 5) is 0.291. The van der Waals surface area contributed by atoms with Gasteiger partial charge in [-0.05, 0) is 12.1 Å². The molecule has 0 aliphatic heterocycles. The van der Waals surface area contributed by atoms with Gasteiger partial charge in [0, 0.05) is 0 Å². The van der Waals surface area contributed by atoms with Gasteiger partial charge in [0.05, 0.1) is 18.8 Å².